The first-order valence-electron chi connectivity index (χ1n) is 10.1. The van der Waals surface area contributed by atoms with Gasteiger partial charge in [0.2, 0.25) is 0 Å². The van der Waals surface area contributed by atoms with Gasteiger partial charge in [0.05, 0.1) is 6.61 Å². The molecule has 1 aromatic heterocycles. The van der Waals surface area contributed by atoms with Crippen LogP contribution in [0.3, 0.4) is 0 Å². The van der Waals surface area contributed by atoms with Crippen molar-refractivity contribution in [3.8, 4) is 0 Å². The molecule has 1 atom stereocenters. The maximum Gasteiger partial charge on any atom is 0.190 e. The lowest BCUT2D eigenvalue weighted by molar-refractivity contribution is 0.127. The molecule has 160 valence electrons. The number of aromatic nitrogens is 3. The smallest absolute Gasteiger partial charge is 0.190 e. The summed E-state index contributed by atoms with van der Waals surface area (Å²) in [6.45, 7) is 8.59. The fourth-order valence-electron chi connectivity index (χ4n) is 3.46. The number of nitrogens with one attached hydrogen (secondary N) is 2. The van der Waals surface area contributed by atoms with Crippen LogP contribution in [0.15, 0.2) is 10.1 Å². The van der Waals surface area contributed by atoms with Crippen molar-refractivity contribution in [2.75, 3.05) is 46.2 Å². The van der Waals surface area contributed by atoms with Gasteiger partial charge in [-0.05, 0) is 31.4 Å². The Bertz CT molecular complexity index is 614. The van der Waals surface area contributed by atoms with Crippen LogP contribution in [0.25, 0.3) is 0 Å². The predicted octanol–water partition coefficient (Wildman–Crippen LogP) is 1.54. The van der Waals surface area contributed by atoms with Gasteiger partial charge >= 0.3 is 0 Å². The molecule has 1 aliphatic rings. The number of nitrogens with zero attached hydrogens (tertiary/aromatic N) is 4. The van der Waals surface area contributed by atoms with E-state index in [9.17, 15) is 5.11 Å². The van der Waals surface area contributed by atoms with E-state index in [0.29, 0.717) is 12.5 Å². The molecule has 9 heteroatoms. The minimum atomic E-state index is 0.00779. The van der Waals surface area contributed by atoms with E-state index in [-0.39, 0.29) is 12.0 Å². The van der Waals surface area contributed by atoms with Gasteiger partial charge in [-0.2, -0.15) is 0 Å². The van der Waals surface area contributed by atoms with Crippen molar-refractivity contribution in [3.05, 3.63) is 5.82 Å². The molecule has 2 rings (SSSR count). The van der Waals surface area contributed by atoms with Crippen LogP contribution in [-0.2, 0) is 17.7 Å². The zero-order chi connectivity index (χ0) is 20.4. The summed E-state index contributed by atoms with van der Waals surface area (Å²) in [6, 6.07) is 0. The highest BCUT2D eigenvalue weighted by Gasteiger charge is 2.34. The summed E-state index contributed by atoms with van der Waals surface area (Å²) < 4.78 is 7.79. The molecule has 1 aromatic rings. The Kier molecular flexibility index (Phi) is 9.53. The van der Waals surface area contributed by atoms with Crippen molar-refractivity contribution < 1.29 is 9.84 Å². The molecule has 1 fully saturated rings. The first-order valence-corrected chi connectivity index (χ1v) is 11.3. The van der Waals surface area contributed by atoms with Gasteiger partial charge in [0.15, 0.2) is 11.1 Å². The number of aliphatic imine (C=N–C) groups is 1. The molecular formula is C19H36N6O2S. The quantitative estimate of drug-likeness (QED) is 0.220. The molecule has 0 spiro atoms. The lowest BCUT2D eigenvalue weighted by atomic mass is 9.84. The largest absolute Gasteiger partial charge is 0.396 e. The third-order valence-electron chi connectivity index (χ3n) is 5.07. The van der Waals surface area contributed by atoms with Crippen LogP contribution in [-0.4, -0.2) is 72.0 Å². The Morgan fingerprint density at radius 1 is 1.39 bits per heavy atom. The predicted molar refractivity (Wildman–Crippen MR) is 114 cm³/mol. The third kappa shape index (κ3) is 6.63. The first-order chi connectivity index (χ1) is 13.5. The highest BCUT2D eigenvalue weighted by Crippen LogP contribution is 2.31. The molecule has 0 bridgehead atoms. The highest BCUT2D eigenvalue weighted by atomic mass is 32.2. The summed E-state index contributed by atoms with van der Waals surface area (Å²) in [5.41, 5.74) is 0.00779. The summed E-state index contributed by atoms with van der Waals surface area (Å²) in [5.74, 6) is 2.40. The molecule has 1 unspecified atom stereocenters. The number of ether oxygens (including phenoxy) is 1. The number of thioether (sulfide) groups is 1. The molecule has 0 aliphatic carbocycles. The first kappa shape index (κ1) is 23.0. The topological polar surface area (TPSA) is 96.6 Å². The number of rotatable bonds is 11. The lowest BCUT2D eigenvalue weighted by Crippen LogP contribution is -2.44. The van der Waals surface area contributed by atoms with Crippen molar-refractivity contribution in [2.45, 2.75) is 51.2 Å². The van der Waals surface area contributed by atoms with Crippen molar-refractivity contribution in [2.24, 2.45) is 16.3 Å². The average molecular weight is 413 g/mol. The highest BCUT2D eigenvalue weighted by molar-refractivity contribution is 7.98. The summed E-state index contributed by atoms with van der Waals surface area (Å²) in [5, 5.41) is 25.8. The number of aliphatic hydroxyl groups excluding tert-OH is 1. The molecule has 8 nitrogen and oxygen atoms in total. The molecule has 28 heavy (non-hydrogen) atoms. The normalized spacial score (nSPS) is 20.1. The molecule has 1 aliphatic heterocycles. The van der Waals surface area contributed by atoms with E-state index in [2.05, 4.69) is 44.2 Å². The lowest BCUT2D eigenvalue weighted by Gasteiger charge is -2.27. The second-order valence-electron chi connectivity index (χ2n) is 7.84. The zero-order valence-electron chi connectivity index (χ0n) is 17.7. The molecule has 0 radical (unpaired) electrons. The van der Waals surface area contributed by atoms with Crippen molar-refractivity contribution >= 4 is 17.7 Å². The Hall–Kier alpha value is -1.32. The maximum atomic E-state index is 9.35. The van der Waals surface area contributed by atoms with E-state index < -0.39 is 0 Å². The van der Waals surface area contributed by atoms with Gasteiger partial charge in [-0.25, -0.2) is 0 Å². The molecule has 3 N–H and O–H groups in total. The van der Waals surface area contributed by atoms with Crippen LogP contribution in [0.5, 0.6) is 0 Å². The van der Waals surface area contributed by atoms with Gasteiger partial charge in [0.25, 0.3) is 0 Å². The van der Waals surface area contributed by atoms with Gasteiger partial charge in [-0.1, -0.05) is 25.6 Å². The van der Waals surface area contributed by atoms with Gasteiger partial charge in [0, 0.05) is 51.7 Å². The van der Waals surface area contributed by atoms with Crippen molar-refractivity contribution in [1.29, 1.82) is 0 Å². The Morgan fingerprint density at radius 2 is 2.21 bits per heavy atom. The molecule has 0 amide bonds. The SMILES string of the molecule is CN=C(NCCCc1nnc(SC)n1CC(C)C)NCC1(CCO)CCOC1. The van der Waals surface area contributed by atoms with Crippen LogP contribution in [0.4, 0.5) is 0 Å². The Balaban J connectivity index is 1.78. The maximum absolute atomic E-state index is 9.35. The van der Waals surface area contributed by atoms with E-state index in [4.69, 9.17) is 4.74 Å². The van der Waals surface area contributed by atoms with Crippen molar-refractivity contribution in [1.82, 2.24) is 25.4 Å². The summed E-state index contributed by atoms with van der Waals surface area (Å²) in [6.07, 6.45) is 5.60. The van der Waals surface area contributed by atoms with Crippen LogP contribution < -0.4 is 10.6 Å². The molecule has 1 saturated heterocycles. The van der Waals surface area contributed by atoms with E-state index in [1.165, 1.54) is 0 Å². The molecule has 0 aromatic carbocycles. The Morgan fingerprint density at radius 3 is 2.82 bits per heavy atom. The standard InChI is InChI=1S/C19H36N6O2S/c1-15(2)12-25-16(23-24-18(25)28-4)6-5-9-21-17(20-3)22-13-19(7-10-26)8-11-27-14-19/h15,26H,5-14H2,1-4H3,(H2,20,21,22). The number of aryl methyl sites for hydroxylation is 1. The minimum Gasteiger partial charge on any atom is -0.396 e. The van der Waals surface area contributed by atoms with E-state index >= 15 is 0 Å². The third-order valence-corrected chi connectivity index (χ3v) is 5.74. The van der Waals surface area contributed by atoms with Gasteiger partial charge in [-0.3, -0.25) is 4.99 Å². The van der Waals surface area contributed by atoms with Crippen LogP contribution in [0.2, 0.25) is 0 Å². The minimum absolute atomic E-state index is 0.00779. The number of aliphatic hydroxyl groups is 1. The van der Waals surface area contributed by atoms with E-state index in [0.717, 1.165) is 68.9 Å². The number of guanidine groups is 1. The van der Waals surface area contributed by atoms with Crippen molar-refractivity contribution in [3.63, 3.8) is 0 Å². The molecule has 0 saturated carbocycles. The van der Waals surface area contributed by atoms with Crippen LogP contribution in [0, 0.1) is 11.3 Å². The second-order valence-corrected chi connectivity index (χ2v) is 8.61. The van der Waals surface area contributed by atoms with E-state index in [1.807, 2.05) is 6.26 Å². The molecule has 2 heterocycles. The van der Waals surface area contributed by atoms with Gasteiger partial charge in [-0.15, -0.1) is 10.2 Å². The zero-order valence-corrected chi connectivity index (χ0v) is 18.5. The summed E-state index contributed by atoms with van der Waals surface area (Å²) in [7, 11) is 1.78. The van der Waals surface area contributed by atoms with Gasteiger partial charge < -0.3 is 25.0 Å². The van der Waals surface area contributed by atoms with Crippen LogP contribution >= 0.6 is 11.8 Å². The second kappa shape index (κ2) is 11.6. The average Bonchev–Trinajstić information content (AvgIpc) is 3.28. The van der Waals surface area contributed by atoms with E-state index in [1.54, 1.807) is 18.8 Å². The van der Waals surface area contributed by atoms with Gasteiger partial charge in [0.1, 0.15) is 5.82 Å². The Labute approximate surface area is 172 Å². The number of hydrogen-bond donors (Lipinski definition) is 3. The monoisotopic (exact) mass is 412 g/mol. The summed E-state index contributed by atoms with van der Waals surface area (Å²) >= 11 is 1.64. The van der Waals surface area contributed by atoms with Crippen LogP contribution in [0.1, 0.15) is 38.9 Å². The molecular weight excluding hydrogens is 376 g/mol. The fourth-order valence-corrected chi connectivity index (χ4v) is 3.98. The number of hydrogen-bond acceptors (Lipinski definition) is 6. The fraction of sp³-hybridized carbons (Fsp3) is 0.842. The summed E-state index contributed by atoms with van der Waals surface area (Å²) in [4.78, 5) is 4.31.